The fourth-order valence-corrected chi connectivity index (χ4v) is 3.55. The molecule has 0 saturated heterocycles. The fraction of sp³-hybridized carbons (Fsp3) is 0.286. The minimum absolute atomic E-state index is 0. The van der Waals surface area contributed by atoms with Gasteiger partial charge in [-0.25, -0.2) is 4.98 Å². The Kier molecular flexibility index (Phi) is 5.57. The van der Waals surface area contributed by atoms with Crippen molar-refractivity contribution in [3.8, 4) is 11.3 Å². The average Bonchev–Trinajstić information content (AvgIpc) is 2.65. The predicted molar refractivity (Wildman–Crippen MR) is 107 cm³/mol. The maximum Gasteiger partial charge on any atom is 0.0730 e. The maximum atomic E-state index is 9.14. The fourth-order valence-electron chi connectivity index (χ4n) is 3.55. The Morgan fingerprint density at radius 3 is 2.60 bits per heavy atom. The highest BCUT2D eigenvalue weighted by molar-refractivity contribution is 5.93. The second kappa shape index (κ2) is 7.85. The summed E-state index contributed by atoms with van der Waals surface area (Å²) in [5.74, 6) is 0. The van der Waals surface area contributed by atoms with E-state index in [0.29, 0.717) is 6.54 Å². The van der Waals surface area contributed by atoms with E-state index in [0.717, 1.165) is 22.3 Å². The minimum atomic E-state index is 0. The molecule has 0 aliphatic heterocycles. The quantitative estimate of drug-likeness (QED) is 0.719. The van der Waals surface area contributed by atoms with Gasteiger partial charge in [-0.05, 0) is 55.0 Å². The molecule has 2 N–H and O–H groups in total. The first-order chi connectivity index (χ1) is 11.8. The summed E-state index contributed by atoms with van der Waals surface area (Å²) in [5.41, 5.74) is 7.13. The molecule has 1 heterocycles. The molecule has 0 spiro atoms. The van der Waals surface area contributed by atoms with E-state index in [9.17, 15) is 0 Å². The second-order valence-corrected chi connectivity index (χ2v) is 6.41. The molecule has 0 amide bonds. The molecule has 4 rings (SSSR count). The minimum Gasteiger partial charge on any atom is -0.395 e. The highest BCUT2D eigenvalue weighted by Crippen LogP contribution is 2.31. The number of hydrogen-bond acceptors (Lipinski definition) is 3. The van der Waals surface area contributed by atoms with Crippen LogP contribution < -0.4 is 5.32 Å². The van der Waals surface area contributed by atoms with E-state index in [1.165, 1.54) is 42.4 Å². The highest BCUT2D eigenvalue weighted by Gasteiger charge is 2.12. The van der Waals surface area contributed by atoms with E-state index in [-0.39, 0.29) is 19.0 Å². The van der Waals surface area contributed by atoms with Gasteiger partial charge in [0.25, 0.3) is 0 Å². The Morgan fingerprint density at radius 2 is 1.76 bits per heavy atom. The maximum absolute atomic E-state index is 9.14. The van der Waals surface area contributed by atoms with Gasteiger partial charge >= 0.3 is 0 Å². The Labute approximate surface area is 154 Å². The number of aryl methyl sites for hydroxylation is 2. The van der Waals surface area contributed by atoms with Crippen molar-refractivity contribution in [2.75, 3.05) is 18.5 Å². The molecule has 3 nitrogen and oxygen atoms in total. The smallest absolute Gasteiger partial charge is 0.0730 e. The van der Waals surface area contributed by atoms with Crippen LogP contribution in [0.25, 0.3) is 22.2 Å². The summed E-state index contributed by atoms with van der Waals surface area (Å²) in [7, 11) is 0. The molecule has 0 radical (unpaired) electrons. The van der Waals surface area contributed by atoms with Crippen molar-refractivity contribution < 1.29 is 5.11 Å². The first-order valence-corrected chi connectivity index (χ1v) is 8.72. The lowest BCUT2D eigenvalue weighted by atomic mass is 9.90. The number of para-hydroxylation sites is 1. The summed E-state index contributed by atoms with van der Waals surface area (Å²) in [6.45, 7) is 0.655. The number of pyridine rings is 1. The molecular weight excluding hydrogens is 332 g/mol. The SMILES string of the molecule is Cl.OCCNc1cc(-c2ccc3c(c2)CCCC3)nc2ccccc12. The number of anilines is 1. The molecule has 0 bridgehead atoms. The number of fused-ring (bicyclic) bond motifs is 2. The summed E-state index contributed by atoms with van der Waals surface area (Å²) in [6.07, 6.45) is 4.96. The summed E-state index contributed by atoms with van der Waals surface area (Å²) in [6, 6.07) is 17.0. The molecule has 4 heteroatoms. The van der Waals surface area contributed by atoms with Gasteiger partial charge in [-0.2, -0.15) is 0 Å². The summed E-state index contributed by atoms with van der Waals surface area (Å²) < 4.78 is 0. The Morgan fingerprint density at radius 1 is 0.960 bits per heavy atom. The van der Waals surface area contributed by atoms with Crippen LogP contribution in [0.5, 0.6) is 0 Å². The topological polar surface area (TPSA) is 45.1 Å². The third-order valence-corrected chi connectivity index (χ3v) is 4.79. The molecule has 0 atom stereocenters. The Hall–Kier alpha value is -2.10. The number of halogens is 1. The van der Waals surface area contributed by atoms with Crippen LogP contribution in [-0.4, -0.2) is 23.2 Å². The van der Waals surface area contributed by atoms with Crippen molar-refractivity contribution in [1.29, 1.82) is 0 Å². The zero-order chi connectivity index (χ0) is 16.4. The molecule has 0 fully saturated rings. The molecule has 2 aromatic carbocycles. The Balaban J connectivity index is 0.00000182. The van der Waals surface area contributed by atoms with E-state index in [2.05, 4.69) is 35.6 Å². The van der Waals surface area contributed by atoms with Gasteiger partial charge in [-0.15, -0.1) is 12.4 Å². The van der Waals surface area contributed by atoms with E-state index in [1.807, 2.05) is 18.2 Å². The van der Waals surface area contributed by atoms with Gasteiger partial charge in [0.05, 0.1) is 17.8 Å². The number of hydrogen-bond donors (Lipinski definition) is 2. The molecule has 3 aromatic rings. The predicted octanol–water partition coefficient (Wildman–Crippen LogP) is 4.61. The lowest BCUT2D eigenvalue weighted by Gasteiger charge is -2.17. The molecule has 1 aliphatic rings. The summed E-state index contributed by atoms with van der Waals surface area (Å²) in [5, 5.41) is 13.6. The van der Waals surface area contributed by atoms with E-state index in [1.54, 1.807) is 0 Å². The van der Waals surface area contributed by atoms with Crippen LogP contribution in [0.15, 0.2) is 48.5 Å². The van der Waals surface area contributed by atoms with Crippen LogP contribution in [0.2, 0.25) is 0 Å². The number of rotatable bonds is 4. The first kappa shape index (κ1) is 17.7. The zero-order valence-corrected chi connectivity index (χ0v) is 15.0. The van der Waals surface area contributed by atoms with Crippen molar-refractivity contribution in [3.63, 3.8) is 0 Å². The van der Waals surface area contributed by atoms with Crippen LogP contribution >= 0.6 is 12.4 Å². The van der Waals surface area contributed by atoms with Gasteiger partial charge in [0.2, 0.25) is 0 Å². The third kappa shape index (κ3) is 3.63. The standard InChI is InChI=1S/C21H22N2O.ClH/c24-12-11-22-21-14-20(23-19-8-4-3-7-18(19)21)17-10-9-15-5-1-2-6-16(15)13-17;/h3-4,7-10,13-14,24H,1-2,5-6,11-12H2,(H,22,23);1H. The van der Waals surface area contributed by atoms with Gasteiger partial charge in [0.15, 0.2) is 0 Å². The molecule has 130 valence electrons. The van der Waals surface area contributed by atoms with Crippen molar-refractivity contribution in [2.45, 2.75) is 25.7 Å². The van der Waals surface area contributed by atoms with Crippen molar-refractivity contribution in [2.24, 2.45) is 0 Å². The zero-order valence-electron chi connectivity index (χ0n) is 14.2. The van der Waals surface area contributed by atoms with Crippen LogP contribution in [0, 0.1) is 0 Å². The molecule has 0 unspecified atom stereocenters. The monoisotopic (exact) mass is 354 g/mol. The number of aliphatic hydroxyl groups is 1. The molecule has 25 heavy (non-hydrogen) atoms. The second-order valence-electron chi connectivity index (χ2n) is 6.41. The van der Waals surface area contributed by atoms with Gasteiger partial charge in [0.1, 0.15) is 0 Å². The first-order valence-electron chi connectivity index (χ1n) is 8.72. The van der Waals surface area contributed by atoms with Gasteiger partial charge < -0.3 is 10.4 Å². The van der Waals surface area contributed by atoms with E-state index < -0.39 is 0 Å². The van der Waals surface area contributed by atoms with Crippen molar-refractivity contribution in [1.82, 2.24) is 4.98 Å². The molecule has 1 aliphatic carbocycles. The number of aromatic nitrogens is 1. The molecular formula is C21H23ClN2O. The van der Waals surface area contributed by atoms with Crippen molar-refractivity contribution in [3.05, 3.63) is 59.7 Å². The number of nitrogens with one attached hydrogen (secondary N) is 1. The van der Waals surface area contributed by atoms with Gasteiger partial charge in [-0.1, -0.05) is 30.3 Å². The van der Waals surface area contributed by atoms with E-state index in [4.69, 9.17) is 10.1 Å². The van der Waals surface area contributed by atoms with Crippen molar-refractivity contribution >= 4 is 29.0 Å². The Bertz CT molecular complexity index is 879. The number of nitrogens with zero attached hydrogens (tertiary/aromatic N) is 1. The van der Waals surface area contributed by atoms with Crippen LogP contribution in [0.1, 0.15) is 24.0 Å². The van der Waals surface area contributed by atoms with Crippen LogP contribution in [0.3, 0.4) is 0 Å². The molecule has 1 aromatic heterocycles. The lowest BCUT2D eigenvalue weighted by molar-refractivity contribution is 0.311. The van der Waals surface area contributed by atoms with Gasteiger partial charge in [-0.3, -0.25) is 0 Å². The third-order valence-electron chi connectivity index (χ3n) is 4.79. The van der Waals surface area contributed by atoms with E-state index >= 15 is 0 Å². The summed E-state index contributed by atoms with van der Waals surface area (Å²) >= 11 is 0. The lowest BCUT2D eigenvalue weighted by Crippen LogP contribution is -2.06. The average molecular weight is 355 g/mol. The number of aliphatic hydroxyl groups excluding tert-OH is 1. The summed E-state index contributed by atoms with van der Waals surface area (Å²) in [4.78, 5) is 4.86. The van der Waals surface area contributed by atoms with Crippen LogP contribution in [0.4, 0.5) is 5.69 Å². The van der Waals surface area contributed by atoms with Gasteiger partial charge in [0, 0.05) is 23.2 Å². The van der Waals surface area contributed by atoms with Crippen LogP contribution in [-0.2, 0) is 12.8 Å². The number of benzene rings is 2. The normalized spacial score (nSPS) is 13.2. The highest BCUT2D eigenvalue weighted by atomic mass is 35.5. The molecule has 0 saturated carbocycles. The largest absolute Gasteiger partial charge is 0.395 e.